The summed E-state index contributed by atoms with van der Waals surface area (Å²) in [5, 5.41) is 56.4. The zero-order valence-electron chi connectivity index (χ0n) is 39.2. The van der Waals surface area contributed by atoms with Crippen molar-refractivity contribution in [2.24, 2.45) is 28.9 Å². The number of aliphatic carboxylic acids is 1. The van der Waals surface area contributed by atoms with Gasteiger partial charge in [-0.2, -0.15) is 0 Å². The number of benzene rings is 1. The van der Waals surface area contributed by atoms with Crippen LogP contribution in [0.25, 0.3) is 0 Å². The number of hydrogen-bond donors (Lipinski definition) is 7. The van der Waals surface area contributed by atoms with Crippen LogP contribution in [0, 0.1) is 23.2 Å². The molecule has 2 saturated carbocycles. The molecule has 2 fully saturated rings. The Morgan fingerprint density at radius 3 is 2.06 bits per heavy atom. The van der Waals surface area contributed by atoms with Crippen molar-refractivity contribution < 1.29 is 101 Å². The van der Waals surface area contributed by atoms with Crippen LogP contribution in [-0.4, -0.2) is 146 Å². The first-order chi connectivity index (χ1) is 32.1. The lowest BCUT2D eigenvalue weighted by Crippen LogP contribution is -2.69. The van der Waals surface area contributed by atoms with Gasteiger partial charge in [0.1, 0.15) is 30.0 Å². The van der Waals surface area contributed by atoms with Gasteiger partial charge in [-0.05, 0) is 68.2 Å². The van der Waals surface area contributed by atoms with Crippen LogP contribution in [0.15, 0.2) is 47.6 Å². The van der Waals surface area contributed by atoms with Crippen LogP contribution in [-0.2, 0) is 61.3 Å². The fraction of sp³-hybridized carbons (Fsp3) is 0.630. The number of fused-ring (bicyclic) bond motifs is 4. The summed E-state index contributed by atoms with van der Waals surface area (Å²) in [5.41, 5.74) is -4.06. The maximum Gasteiger partial charge on any atom is 0.472 e. The van der Waals surface area contributed by atoms with Gasteiger partial charge in [-0.25, -0.2) is 14.2 Å². The Morgan fingerprint density at radius 1 is 0.870 bits per heavy atom. The van der Waals surface area contributed by atoms with E-state index in [1.54, 1.807) is 20.8 Å². The second-order valence-corrected chi connectivity index (χ2v) is 20.1. The number of ketones is 1. The van der Waals surface area contributed by atoms with Crippen molar-refractivity contribution in [3.63, 3.8) is 0 Å². The second-order valence-electron chi connectivity index (χ2n) is 18.7. The number of phosphoric ester groups is 1. The maximum absolute atomic E-state index is 13.9. The van der Waals surface area contributed by atoms with E-state index < -0.39 is 140 Å². The van der Waals surface area contributed by atoms with Crippen molar-refractivity contribution in [1.82, 2.24) is 0 Å². The molecule has 0 amide bonds. The number of carboxylic acids is 1. The van der Waals surface area contributed by atoms with E-state index in [0.717, 1.165) is 19.9 Å². The minimum absolute atomic E-state index is 0.00397. The number of aliphatic hydroxyl groups is 4. The molecule has 8 N–H and O–H groups in total. The summed E-state index contributed by atoms with van der Waals surface area (Å²) in [5.74, 6) is -9.34. The van der Waals surface area contributed by atoms with E-state index in [2.05, 4.69) is 4.52 Å². The summed E-state index contributed by atoms with van der Waals surface area (Å²) in [6.45, 7) is 5.88. The molecule has 5 rings (SSSR count). The van der Waals surface area contributed by atoms with Crippen LogP contribution in [0.1, 0.15) is 107 Å². The minimum Gasteiger partial charge on any atom is -0.480 e. The number of carboxylic acid groups (broad SMARTS) is 1. The van der Waals surface area contributed by atoms with E-state index in [9.17, 15) is 63.4 Å². The van der Waals surface area contributed by atoms with Gasteiger partial charge < -0.3 is 59.8 Å². The molecule has 4 aliphatic carbocycles. The molecular formula is C46H62NO21P. The van der Waals surface area contributed by atoms with Gasteiger partial charge >= 0.3 is 43.6 Å². The van der Waals surface area contributed by atoms with Gasteiger partial charge in [0.2, 0.25) is 0 Å². The quantitative estimate of drug-likeness (QED) is 0.0271. The largest absolute Gasteiger partial charge is 0.480 e. The standard InChI is InChI=1S/C46H62NO21P/c1-25-18-35(51)45(59)31(21-48)19-44(58)41-42(5,6)46(41,68-28(4)50)37(26(2)43(44,57)20-33(25)45)67-40(56)30-15-13-29(14-16-30)39(55)62-17-11-9-7-8-10-12-36(52)66-32(22-63-27(3)49)23-64-69(60,61)65-24-34(47)38(53)54/h13-16,18-19,26,32-34,37,41,48,57-59H,7-12,17,20-24,47H2,1-6H3,(H,53,54)(H,60,61)/t26-,32-,33-,34+,37-,41+,43-,44-,45-,46+/m1/s1. The number of hydrogen-bond acceptors (Lipinski definition) is 20. The van der Waals surface area contributed by atoms with Crippen LogP contribution >= 0.6 is 7.82 Å². The maximum atomic E-state index is 13.9. The van der Waals surface area contributed by atoms with E-state index in [1.165, 1.54) is 37.3 Å². The highest BCUT2D eigenvalue weighted by atomic mass is 31.2. The third-order valence-corrected chi connectivity index (χ3v) is 14.7. The molecule has 0 heterocycles. The molecule has 22 nitrogen and oxygen atoms in total. The predicted molar refractivity (Wildman–Crippen MR) is 235 cm³/mol. The zero-order chi connectivity index (χ0) is 51.5. The Bertz CT molecular complexity index is 2280. The van der Waals surface area contributed by atoms with Crippen LogP contribution in [0.3, 0.4) is 0 Å². The Morgan fingerprint density at radius 2 is 1.46 bits per heavy atom. The van der Waals surface area contributed by atoms with E-state index in [0.29, 0.717) is 37.7 Å². The van der Waals surface area contributed by atoms with E-state index >= 15 is 0 Å². The van der Waals surface area contributed by atoms with E-state index in [4.69, 9.17) is 39.0 Å². The molecule has 0 saturated heterocycles. The monoisotopic (exact) mass is 995 g/mol. The summed E-state index contributed by atoms with van der Waals surface area (Å²) in [6, 6.07) is 3.79. The summed E-state index contributed by atoms with van der Waals surface area (Å²) in [7, 11) is -4.80. The molecule has 4 aliphatic rings. The van der Waals surface area contributed by atoms with Crippen molar-refractivity contribution in [1.29, 1.82) is 0 Å². The number of rotatable bonds is 23. The van der Waals surface area contributed by atoms with Gasteiger partial charge in [0, 0.05) is 43.4 Å². The van der Waals surface area contributed by atoms with Crippen molar-refractivity contribution in [2.45, 2.75) is 127 Å². The van der Waals surface area contributed by atoms with Crippen LogP contribution in [0.5, 0.6) is 0 Å². The van der Waals surface area contributed by atoms with Crippen molar-refractivity contribution >= 4 is 49.4 Å². The molecule has 23 heteroatoms. The number of esters is 5. The Balaban J connectivity index is 1.12. The normalized spacial score (nSPS) is 30.3. The SMILES string of the molecule is CC(=O)OC[C@H](COP(=O)(O)OC[C@H](N)C(=O)O)OC(=O)CCCCCCCOC(=O)c1ccc(C(=O)O[C@@H]2[C@@H](C)[C@]3(O)C[C@@H]4C(C)=CC(=O)[C@@]4(O)C(CO)=C[C@@]3(O)[C@@H]3C(C)(C)[C@]23OC(C)=O)cc1. The molecule has 1 aromatic carbocycles. The fourth-order valence-corrected chi connectivity index (χ4v) is 11.0. The van der Waals surface area contributed by atoms with Gasteiger partial charge in [-0.1, -0.05) is 45.6 Å². The molecule has 1 unspecified atom stereocenters. The molecule has 0 bridgehead atoms. The van der Waals surface area contributed by atoms with E-state index in [-0.39, 0.29) is 36.1 Å². The first kappa shape index (κ1) is 55.0. The van der Waals surface area contributed by atoms with E-state index in [1.807, 2.05) is 0 Å². The first-order valence-corrected chi connectivity index (χ1v) is 24.0. The van der Waals surface area contributed by atoms with Gasteiger partial charge in [0.05, 0.1) is 37.6 Å². The zero-order valence-corrected chi connectivity index (χ0v) is 40.1. The second kappa shape index (κ2) is 21.2. The average molecular weight is 996 g/mol. The number of nitrogens with two attached hydrogens (primary N) is 1. The van der Waals surface area contributed by atoms with Crippen molar-refractivity contribution in [3.05, 3.63) is 58.7 Å². The summed E-state index contributed by atoms with van der Waals surface area (Å²) in [6.07, 6.45) is 2.00. The highest BCUT2D eigenvalue weighted by Crippen LogP contribution is 2.77. The minimum atomic E-state index is -4.80. The molecule has 0 radical (unpaired) electrons. The molecule has 0 spiro atoms. The van der Waals surface area contributed by atoms with Crippen LogP contribution in [0.2, 0.25) is 0 Å². The highest BCUT2D eigenvalue weighted by Gasteiger charge is 2.91. The molecule has 1 aromatic rings. The smallest absolute Gasteiger partial charge is 0.472 e. The molecule has 382 valence electrons. The fourth-order valence-electron chi connectivity index (χ4n) is 10.2. The number of aliphatic hydroxyl groups excluding tert-OH is 1. The summed E-state index contributed by atoms with van der Waals surface area (Å²) >= 11 is 0. The number of unbranched alkanes of at least 4 members (excludes halogenated alkanes) is 4. The Kier molecular flexibility index (Phi) is 16.9. The third kappa shape index (κ3) is 11.0. The lowest BCUT2D eigenvalue weighted by molar-refractivity contribution is -0.246. The number of carbonyl (C=O) groups excluding carboxylic acids is 6. The Labute approximate surface area is 397 Å². The first-order valence-electron chi connectivity index (χ1n) is 22.5. The molecular weight excluding hydrogens is 933 g/mol. The topological polar surface area (TPSA) is 349 Å². The Hall–Kier alpha value is -4.90. The van der Waals surface area contributed by atoms with Crippen LogP contribution < -0.4 is 5.73 Å². The van der Waals surface area contributed by atoms with Crippen molar-refractivity contribution in [3.8, 4) is 0 Å². The van der Waals surface area contributed by atoms with Gasteiger partial charge in [-0.15, -0.1) is 0 Å². The number of phosphoric acid groups is 1. The highest BCUT2D eigenvalue weighted by molar-refractivity contribution is 7.47. The molecule has 69 heavy (non-hydrogen) atoms. The average Bonchev–Trinajstić information content (AvgIpc) is 3.72. The predicted octanol–water partition coefficient (Wildman–Crippen LogP) is 2.00. The number of carbonyl (C=O) groups is 7. The van der Waals surface area contributed by atoms with Crippen LogP contribution in [0.4, 0.5) is 0 Å². The molecule has 0 aromatic heterocycles. The van der Waals surface area contributed by atoms with Crippen molar-refractivity contribution in [2.75, 3.05) is 33.0 Å². The third-order valence-electron chi connectivity index (χ3n) is 13.8. The summed E-state index contributed by atoms with van der Waals surface area (Å²) in [4.78, 5) is 97.1. The number of ether oxygens (including phenoxy) is 5. The van der Waals surface area contributed by atoms with Gasteiger partial charge in [0.15, 0.2) is 23.1 Å². The molecule has 0 aliphatic heterocycles. The lowest BCUT2D eigenvalue weighted by Gasteiger charge is -2.53. The molecule has 11 atom stereocenters. The van der Waals surface area contributed by atoms with Gasteiger partial charge in [-0.3, -0.25) is 33.0 Å². The van der Waals surface area contributed by atoms with Gasteiger partial charge in [0.25, 0.3) is 0 Å². The lowest BCUT2D eigenvalue weighted by atomic mass is 9.60. The summed E-state index contributed by atoms with van der Waals surface area (Å²) < 4.78 is 48.9.